The normalized spacial score (nSPS) is 13.2. The van der Waals surface area contributed by atoms with Crippen molar-refractivity contribution in [2.24, 2.45) is 5.73 Å². The van der Waals surface area contributed by atoms with E-state index in [2.05, 4.69) is 21.8 Å². The van der Waals surface area contributed by atoms with Crippen LogP contribution in [-0.4, -0.2) is 38.4 Å². The molecular formula is C19H18N6O2. The van der Waals surface area contributed by atoms with Gasteiger partial charge >= 0.3 is 0 Å². The summed E-state index contributed by atoms with van der Waals surface area (Å²) in [4.78, 5) is 30.1. The van der Waals surface area contributed by atoms with Gasteiger partial charge in [-0.05, 0) is 24.6 Å². The molecule has 0 spiro atoms. The van der Waals surface area contributed by atoms with E-state index in [0.29, 0.717) is 17.8 Å². The number of pyridine rings is 1. The zero-order valence-electron chi connectivity index (χ0n) is 14.7. The summed E-state index contributed by atoms with van der Waals surface area (Å²) in [6.45, 7) is 5.92. The minimum Gasteiger partial charge on any atom is -0.398 e. The Balaban J connectivity index is 1.79. The standard InChI is InChI=1S/C19H18N6O2/c1-9(18(21)26)7-25-8-13-11(3-4-14(20)17(13)19(25)27)15-5-12-10(2)23-24-16(12)6-22-15/h3-6H,1,7-8,20H2,2H3,(H2,21,26)(H,23,24). The van der Waals surface area contributed by atoms with Crippen LogP contribution in [0.15, 0.2) is 36.5 Å². The van der Waals surface area contributed by atoms with Crippen LogP contribution >= 0.6 is 0 Å². The molecule has 3 aromatic rings. The van der Waals surface area contributed by atoms with Gasteiger partial charge in [-0.25, -0.2) is 0 Å². The SMILES string of the molecule is C=C(CN1Cc2c(-c3cc4c(C)n[nH]c4cn3)ccc(N)c2C1=O)C(N)=O. The van der Waals surface area contributed by atoms with E-state index in [1.165, 1.54) is 4.90 Å². The fourth-order valence-electron chi connectivity index (χ4n) is 3.37. The lowest BCUT2D eigenvalue weighted by Gasteiger charge is -2.15. The minimum absolute atomic E-state index is 0.0645. The number of nitrogen functional groups attached to an aromatic ring is 1. The molecule has 1 aliphatic rings. The van der Waals surface area contributed by atoms with Crippen LogP contribution in [0.2, 0.25) is 0 Å². The molecular weight excluding hydrogens is 344 g/mol. The van der Waals surface area contributed by atoms with Gasteiger partial charge in [-0.1, -0.05) is 12.6 Å². The Morgan fingerprint density at radius 1 is 1.41 bits per heavy atom. The van der Waals surface area contributed by atoms with E-state index in [4.69, 9.17) is 11.5 Å². The van der Waals surface area contributed by atoms with Crippen LogP contribution in [0.1, 0.15) is 21.6 Å². The molecule has 3 heterocycles. The summed E-state index contributed by atoms with van der Waals surface area (Å²) in [5, 5.41) is 8.08. The third-order valence-electron chi connectivity index (χ3n) is 4.84. The second-order valence-electron chi connectivity index (χ2n) is 6.61. The molecule has 27 heavy (non-hydrogen) atoms. The third-order valence-corrected chi connectivity index (χ3v) is 4.84. The highest BCUT2D eigenvalue weighted by atomic mass is 16.2. The second-order valence-corrected chi connectivity index (χ2v) is 6.61. The van der Waals surface area contributed by atoms with Crippen LogP contribution in [0.3, 0.4) is 0 Å². The van der Waals surface area contributed by atoms with Gasteiger partial charge in [0.1, 0.15) is 0 Å². The first-order valence-electron chi connectivity index (χ1n) is 8.36. The molecule has 5 N–H and O–H groups in total. The van der Waals surface area contributed by atoms with Gasteiger partial charge in [-0.2, -0.15) is 5.10 Å². The Labute approximate surface area is 154 Å². The summed E-state index contributed by atoms with van der Waals surface area (Å²) < 4.78 is 0. The number of nitrogens with one attached hydrogen (secondary N) is 1. The number of benzene rings is 1. The molecule has 4 rings (SSSR count). The molecule has 0 radical (unpaired) electrons. The van der Waals surface area contributed by atoms with Crippen LogP contribution in [-0.2, 0) is 11.3 Å². The summed E-state index contributed by atoms with van der Waals surface area (Å²) in [6, 6.07) is 5.50. The molecule has 0 bridgehead atoms. The van der Waals surface area contributed by atoms with Crippen LogP contribution in [0.5, 0.6) is 0 Å². The number of hydrogen-bond acceptors (Lipinski definition) is 5. The number of primary amides is 1. The Bertz CT molecular complexity index is 1130. The van der Waals surface area contributed by atoms with Crippen LogP contribution in [0, 0.1) is 6.92 Å². The van der Waals surface area contributed by atoms with E-state index in [1.807, 2.05) is 19.1 Å². The Morgan fingerprint density at radius 2 is 2.19 bits per heavy atom. The number of nitrogens with two attached hydrogens (primary N) is 2. The van der Waals surface area contributed by atoms with Crippen LogP contribution < -0.4 is 11.5 Å². The second kappa shape index (κ2) is 5.94. The zero-order valence-corrected chi connectivity index (χ0v) is 14.7. The molecule has 0 aliphatic carbocycles. The molecule has 136 valence electrons. The monoisotopic (exact) mass is 362 g/mol. The van der Waals surface area contributed by atoms with Crippen molar-refractivity contribution in [2.45, 2.75) is 13.5 Å². The van der Waals surface area contributed by atoms with Crippen molar-refractivity contribution in [2.75, 3.05) is 12.3 Å². The molecule has 0 saturated carbocycles. The van der Waals surface area contributed by atoms with Crippen molar-refractivity contribution in [3.63, 3.8) is 0 Å². The van der Waals surface area contributed by atoms with Gasteiger partial charge in [0.05, 0.1) is 35.2 Å². The Hall–Kier alpha value is -3.68. The first-order valence-corrected chi connectivity index (χ1v) is 8.36. The average Bonchev–Trinajstić information content (AvgIpc) is 3.16. The zero-order chi connectivity index (χ0) is 19.3. The molecule has 0 saturated heterocycles. The molecule has 0 atom stereocenters. The van der Waals surface area contributed by atoms with Crippen molar-refractivity contribution < 1.29 is 9.59 Å². The van der Waals surface area contributed by atoms with Gasteiger partial charge in [0.2, 0.25) is 5.91 Å². The fraction of sp³-hybridized carbons (Fsp3) is 0.158. The number of nitrogens with zero attached hydrogens (tertiary/aromatic N) is 3. The molecule has 0 unspecified atom stereocenters. The summed E-state index contributed by atoms with van der Waals surface area (Å²) in [5.41, 5.74) is 16.4. The number of carbonyl (C=O) groups is 2. The number of H-pyrrole nitrogens is 1. The lowest BCUT2D eigenvalue weighted by Crippen LogP contribution is -2.30. The Morgan fingerprint density at radius 3 is 2.93 bits per heavy atom. The van der Waals surface area contributed by atoms with Crippen molar-refractivity contribution in [3.05, 3.63) is 53.4 Å². The number of amides is 2. The molecule has 8 nitrogen and oxygen atoms in total. The number of carbonyl (C=O) groups excluding carboxylic acids is 2. The summed E-state index contributed by atoms with van der Waals surface area (Å²) in [7, 11) is 0. The maximum absolute atomic E-state index is 12.8. The highest BCUT2D eigenvalue weighted by Crippen LogP contribution is 2.36. The highest BCUT2D eigenvalue weighted by molar-refractivity contribution is 6.06. The van der Waals surface area contributed by atoms with E-state index in [0.717, 1.165) is 33.4 Å². The third kappa shape index (κ3) is 2.62. The van der Waals surface area contributed by atoms with E-state index in [1.54, 1.807) is 12.3 Å². The Kier molecular flexibility index (Phi) is 3.69. The van der Waals surface area contributed by atoms with Gasteiger partial charge in [0, 0.05) is 28.8 Å². The molecule has 1 aromatic carbocycles. The topological polar surface area (TPSA) is 131 Å². The maximum atomic E-state index is 12.8. The first-order chi connectivity index (χ1) is 12.9. The largest absolute Gasteiger partial charge is 0.398 e. The predicted molar refractivity (Wildman–Crippen MR) is 102 cm³/mol. The number of aromatic amines is 1. The van der Waals surface area contributed by atoms with E-state index >= 15 is 0 Å². The molecule has 2 aromatic heterocycles. The highest BCUT2D eigenvalue weighted by Gasteiger charge is 2.32. The molecule has 0 fully saturated rings. The molecule has 2 amide bonds. The van der Waals surface area contributed by atoms with E-state index in [9.17, 15) is 9.59 Å². The van der Waals surface area contributed by atoms with Crippen molar-refractivity contribution in [1.29, 1.82) is 0 Å². The molecule has 8 heteroatoms. The first kappa shape index (κ1) is 16.8. The number of aromatic nitrogens is 3. The summed E-state index contributed by atoms with van der Waals surface area (Å²) in [5.74, 6) is -0.873. The smallest absolute Gasteiger partial charge is 0.256 e. The van der Waals surface area contributed by atoms with Crippen molar-refractivity contribution in [1.82, 2.24) is 20.1 Å². The van der Waals surface area contributed by atoms with Crippen molar-refractivity contribution >= 4 is 28.4 Å². The van der Waals surface area contributed by atoms with Crippen LogP contribution in [0.25, 0.3) is 22.2 Å². The van der Waals surface area contributed by atoms with E-state index < -0.39 is 5.91 Å². The predicted octanol–water partition coefficient (Wildman–Crippen LogP) is 1.51. The quantitative estimate of drug-likeness (QED) is 0.478. The molecule has 1 aliphatic heterocycles. The maximum Gasteiger partial charge on any atom is 0.256 e. The summed E-state index contributed by atoms with van der Waals surface area (Å²) >= 11 is 0. The van der Waals surface area contributed by atoms with Gasteiger partial charge in [-0.3, -0.25) is 19.7 Å². The number of fused-ring (bicyclic) bond motifs is 2. The van der Waals surface area contributed by atoms with Gasteiger partial charge < -0.3 is 16.4 Å². The van der Waals surface area contributed by atoms with Crippen LogP contribution in [0.4, 0.5) is 5.69 Å². The van der Waals surface area contributed by atoms with E-state index in [-0.39, 0.29) is 18.0 Å². The van der Waals surface area contributed by atoms with Gasteiger partial charge in [0.15, 0.2) is 0 Å². The minimum atomic E-state index is -0.630. The average molecular weight is 362 g/mol. The van der Waals surface area contributed by atoms with Crippen molar-refractivity contribution in [3.8, 4) is 11.3 Å². The van der Waals surface area contributed by atoms with Gasteiger partial charge in [-0.15, -0.1) is 0 Å². The van der Waals surface area contributed by atoms with Gasteiger partial charge in [0.25, 0.3) is 5.91 Å². The number of hydrogen-bond donors (Lipinski definition) is 3. The fourth-order valence-corrected chi connectivity index (χ4v) is 3.37. The number of aryl methyl sites for hydroxylation is 1. The lowest BCUT2D eigenvalue weighted by molar-refractivity contribution is -0.114. The number of anilines is 1. The lowest BCUT2D eigenvalue weighted by atomic mass is 9.98. The number of rotatable bonds is 4. The summed E-state index contributed by atoms with van der Waals surface area (Å²) in [6.07, 6.45) is 1.72.